The molecule has 0 fully saturated rings. The van der Waals surface area contributed by atoms with Gasteiger partial charge < -0.3 is 30.0 Å². The van der Waals surface area contributed by atoms with E-state index < -0.39 is 28.7 Å². The number of H-pyrrole nitrogens is 1. The lowest BCUT2D eigenvalue weighted by Crippen LogP contribution is -2.23. The zero-order valence-electron chi connectivity index (χ0n) is 23.7. The molecule has 4 aromatic rings. The molecule has 0 spiro atoms. The van der Waals surface area contributed by atoms with Gasteiger partial charge in [-0.3, -0.25) is 14.4 Å². The number of aromatic nitrogens is 1. The molecule has 0 aliphatic heterocycles. The number of carboxylic acid groups (broad SMARTS) is 1. The standard InChI is InChI=1S/C33H35ClN2O7/c34-23-11-9-22(10-12-23)21-43-26-17-18-28-27(20-26)31(39)30(33(41)36-28)32(40)35-24-13-15-25(16-14-24)42-19-7-5-3-1-2-4-6-8-29(37)38/h9-18,20H,1-8,19,21H2,(H,35,40)(H,37,38)(H2,36,39,41). The van der Waals surface area contributed by atoms with Crippen molar-refractivity contribution in [1.82, 2.24) is 4.98 Å². The molecule has 0 aliphatic carbocycles. The van der Waals surface area contributed by atoms with Gasteiger partial charge in [0.15, 0.2) is 0 Å². The number of rotatable bonds is 16. The van der Waals surface area contributed by atoms with Crippen LogP contribution in [0.4, 0.5) is 5.69 Å². The molecule has 4 N–H and O–H groups in total. The van der Waals surface area contributed by atoms with Crippen LogP contribution in [0.15, 0.2) is 71.5 Å². The summed E-state index contributed by atoms with van der Waals surface area (Å²) in [5.74, 6) is -0.804. The summed E-state index contributed by atoms with van der Waals surface area (Å²) in [7, 11) is 0. The molecule has 0 aliphatic rings. The Hall–Kier alpha value is -4.50. The number of amides is 1. The third-order valence-electron chi connectivity index (χ3n) is 6.92. The summed E-state index contributed by atoms with van der Waals surface area (Å²) < 4.78 is 11.6. The second-order valence-electron chi connectivity index (χ2n) is 10.2. The summed E-state index contributed by atoms with van der Waals surface area (Å²) in [6.45, 7) is 0.841. The average Bonchev–Trinajstić information content (AvgIpc) is 2.98. The average molecular weight is 607 g/mol. The fourth-order valence-electron chi connectivity index (χ4n) is 4.58. The minimum Gasteiger partial charge on any atom is -0.506 e. The van der Waals surface area contributed by atoms with Crippen LogP contribution in [-0.2, 0) is 11.4 Å². The molecule has 0 saturated heterocycles. The Morgan fingerprint density at radius 2 is 1.47 bits per heavy atom. The maximum atomic E-state index is 13.0. The Bertz CT molecular complexity index is 1580. The van der Waals surface area contributed by atoms with Gasteiger partial charge in [-0.2, -0.15) is 0 Å². The molecular weight excluding hydrogens is 572 g/mol. The van der Waals surface area contributed by atoms with Crippen molar-refractivity contribution in [2.45, 2.75) is 58.0 Å². The van der Waals surface area contributed by atoms with Crippen molar-refractivity contribution in [1.29, 1.82) is 0 Å². The topological polar surface area (TPSA) is 138 Å². The molecule has 0 saturated carbocycles. The fraction of sp³-hybridized carbons (Fsp3) is 0.303. The van der Waals surface area contributed by atoms with Crippen LogP contribution in [0.3, 0.4) is 0 Å². The number of unbranched alkanes of at least 4 members (excludes halogenated alkanes) is 6. The highest BCUT2D eigenvalue weighted by molar-refractivity contribution is 6.30. The molecule has 0 atom stereocenters. The number of carbonyl (C=O) groups is 2. The van der Waals surface area contributed by atoms with E-state index in [1.807, 2.05) is 12.1 Å². The Morgan fingerprint density at radius 1 is 0.814 bits per heavy atom. The van der Waals surface area contributed by atoms with E-state index in [1.54, 1.807) is 54.6 Å². The maximum Gasteiger partial charge on any atom is 0.303 e. The van der Waals surface area contributed by atoms with Gasteiger partial charge in [-0.1, -0.05) is 55.8 Å². The normalized spacial score (nSPS) is 10.9. The number of hydrogen-bond donors (Lipinski definition) is 4. The number of aliphatic carboxylic acids is 1. The van der Waals surface area contributed by atoms with E-state index in [4.69, 9.17) is 26.2 Å². The van der Waals surface area contributed by atoms with Gasteiger partial charge in [0.1, 0.15) is 29.4 Å². The molecule has 0 bridgehead atoms. The lowest BCUT2D eigenvalue weighted by Gasteiger charge is -2.11. The van der Waals surface area contributed by atoms with Gasteiger partial charge in [-0.15, -0.1) is 0 Å². The molecule has 1 aromatic heterocycles. The molecule has 9 nitrogen and oxygen atoms in total. The van der Waals surface area contributed by atoms with Gasteiger partial charge in [0.2, 0.25) is 0 Å². The van der Waals surface area contributed by atoms with Crippen LogP contribution in [0.2, 0.25) is 5.02 Å². The van der Waals surface area contributed by atoms with Crippen LogP contribution in [0.25, 0.3) is 10.9 Å². The summed E-state index contributed by atoms with van der Waals surface area (Å²) >= 11 is 5.93. The van der Waals surface area contributed by atoms with Crippen LogP contribution in [0.1, 0.15) is 67.3 Å². The Morgan fingerprint density at radius 3 is 2.16 bits per heavy atom. The molecule has 10 heteroatoms. The van der Waals surface area contributed by atoms with Gasteiger partial charge in [0.05, 0.1) is 12.1 Å². The van der Waals surface area contributed by atoms with E-state index in [-0.39, 0.29) is 18.4 Å². The molecule has 3 aromatic carbocycles. The summed E-state index contributed by atoms with van der Waals surface area (Å²) in [5, 5.41) is 23.1. The first-order valence-electron chi connectivity index (χ1n) is 14.3. The van der Waals surface area contributed by atoms with E-state index >= 15 is 0 Å². The van der Waals surface area contributed by atoms with Crippen LogP contribution in [-0.4, -0.2) is 33.7 Å². The van der Waals surface area contributed by atoms with Gasteiger partial charge in [0, 0.05) is 22.5 Å². The molecular formula is C33H35ClN2O7. The van der Waals surface area contributed by atoms with E-state index in [1.165, 1.54) is 0 Å². The summed E-state index contributed by atoms with van der Waals surface area (Å²) in [6, 6.07) is 18.9. The SMILES string of the molecule is O=C(O)CCCCCCCCCOc1ccc(NC(=O)c2c(O)c3cc(OCc4ccc(Cl)cc4)ccc3[nH]c2=O)cc1. The molecule has 0 radical (unpaired) electrons. The third-order valence-corrected chi connectivity index (χ3v) is 7.17. The van der Waals surface area contributed by atoms with Crippen LogP contribution >= 0.6 is 11.6 Å². The van der Waals surface area contributed by atoms with E-state index in [2.05, 4.69) is 10.3 Å². The quantitative estimate of drug-likeness (QED) is 0.0981. The largest absolute Gasteiger partial charge is 0.506 e. The first-order valence-corrected chi connectivity index (χ1v) is 14.7. The number of fused-ring (bicyclic) bond motifs is 1. The zero-order chi connectivity index (χ0) is 30.6. The van der Waals surface area contributed by atoms with Crippen molar-refractivity contribution >= 4 is 40.1 Å². The Balaban J connectivity index is 1.28. The maximum absolute atomic E-state index is 13.0. The number of anilines is 1. The second kappa shape index (κ2) is 15.7. The number of halogens is 1. The van der Waals surface area contributed by atoms with Crippen molar-refractivity contribution in [2.24, 2.45) is 0 Å². The highest BCUT2D eigenvalue weighted by Gasteiger charge is 2.20. The highest BCUT2D eigenvalue weighted by Crippen LogP contribution is 2.29. The number of benzene rings is 3. The summed E-state index contributed by atoms with van der Waals surface area (Å²) in [5.41, 5.74) is 0.612. The number of carboxylic acids is 1. The van der Waals surface area contributed by atoms with Crippen molar-refractivity contribution in [3.63, 3.8) is 0 Å². The van der Waals surface area contributed by atoms with Crippen molar-refractivity contribution < 1.29 is 29.3 Å². The van der Waals surface area contributed by atoms with Gasteiger partial charge >= 0.3 is 5.97 Å². The fourth-order valence-corrected chi connectivity index (χ4v) is 4.71. The smallest absolute Gasteiger partial charge is 0.303 e. The van der Waals surface area contributed by atoms with Crippen molar-refractivity contribution in [2.75, 3.05) is 11.9 Å². The molecule has 43 heavy (non-hydrogen) atoms. The minimum absolute atomic E-state index is 0.240. The Labute approximate surface area is 254 Å². The van der Waals surface area contributed by atoms with Crippen LogP contribution in [0, 0.1) is 0 Å². The monoisotopic (exact) mass is 606 g/mol. The van der Waals surface area contributed by atoms with Gasteiger partial charge in [0.25, 0.3) is 11.5 Å². The molecule has 4 rings (SSSR count). The summed E-state index contributed by atoms with van der Waals surface area (Å²) in [6.07, 6.45) is 7.08. The Kier molecular flexibility index (Phi) is 11.4. The zero-order valence-corrected chi connectivity index (χ0v) is 24.5. The van der Waals surface area contributed by atoms with Gasteiger partial charge in [-0.05, 0) is 73.0 Å². The second-order valence-corrected chi connectivity index (χ2v) is 10.7. The molecule has 226 valence electrons. The first-order chi connectivity index (χ1) is 20.8. The molecule has 1 heterocycles. The predicted octanol–water partition coefficient (Wildman–Crippen LogP) is 7.30. The van der Waals surface area contributed by atoms with E-state index in [9.17, 15) is 19.5 Å². The van der Waals surface area contributed by atoms with Crippen LogP contribution in [0.5, 0.6) is 17.2 Å². The molecule has 0 unspecified atom stereocenters. The number of hydrogen-bond acceptors (Lipinski definition) is 6. The number of nitrogens with one attached hydrogen (secondary N) is 2. The van der Waals surface area contributed by atoms with Crippen molar-refractivity contribution in [3.05, 3.63) is 93.2 Å². The number of aromatic amines is 1. The molecule has 1 amide bonds. The number of pyridine rings is 1. The number of ether oxygens (including phenoxy) is 2. The minimum atomic E-state index is -0.746. The summed E-state index contributed by atoms with van der Waals surface area (Å²) in [4.78, 5) is 38.9. The lowest BCUT2D eigenvalue weighted by molar-refractivity contribution is -0.137. The first kappa shape index (κ1) is 31.4. The number of carbonyl (C=O) groups excluding carboxylic acids is 1. The van der Waals surface area contributed by atoms with E-state index in [0.29, 0.717) is 34.3 Å². The number of aromatic hydroxyl groups is 1. The van der Waals surface area contributed by atoms with E-state index in [0.717, 1.165) is 50.5 Å². The lowest BCUT2D eigenvalue weighted by atomic mass is 10.1. The highest BCUT2D eigenvalue weighted by atomic mass is 35.5. The van der Waals surface area contributed by atoms with Crippen LogP contribution < -0.4 is 20.3 Å². The van der Waals surface area contributed by atoms with Gasteiger partial charge in [-0.25, -0.2) is 0 Å². The van der Waals surface area contributed by atoms with Crippen molar-refractivity contribution in [3.8, 4) is 17.2 Å². The predicted molar refractivity (Wildman–Crippen MR) is 166 cm³/mol. The third kappa shape index (κ3) is 9.51.